The smallest absolute Gasteiger partial charge is 0.146 e. The van der Waals surface area contributed by atoms with Gasteiger partial charge in [0.25, 0.3) is 0 Å². The van der Waals surface area contributed by atoms with Crippen LogP contribution >= 0.6 is 0 Å². The van der Waals surface area contributed by atoms with Gasteiger partial charge in [-0.1, -0.05) is 6.92 Å². The number of nitrogens with zero attached hydrogens (tertiary/aromatic N) is 4. The molecule has 0 bridgehead atoms. The van der Waals surface area contributed by atoms with Crippen LogP contribution in [-0.4, -0.2) is 38.8 Å². The quantitative estimate of drug-likeness (QED) is 0.804. The minimum absolute atomic E-state index is 0.500. The Labute approximate surface area is 96.6 Å². The molecule has 0 aliphatic carbocycles. The van der Waals surface area contributed by atoms with Gasteiger partial charge in [0, 0.05) is 19.6 Å². The van der Waals surface area contributed by atoms with Crippen molar-refractivity contribution in [2.45, 2.75) is 32.4 Å². The Morgan fingerprint density at radius 3 is 3.00 bits per heavy atom. The second-order valence-corrected chi connectivity index (χ2v) is 4.85. The molecule has 0 spiro atoms. The van der Waals surface area contributed by atoms with Crippen molar-refractivity contribution in [3.05, 3.63) is 12.2 Å². The van der Waals surface area contributed by atoms with Gasteiger partial charge in [-0.05, 0) is 25.3 Å². The number of hydrogen-bond donors (Lipinski definition) is 1. The molecule has 2 rings (SSSR count). The molecule has 0 aromatic carbocycles. The maximum absolute atomic E-state index is 5.84. The summed E-state index contributed by atoms with van der Waals surface area (Å²) in [4.78, 5) is 2.43. The standard InChI is InChI=1S/C11H21N5/c1-9-3-4-16(10(5-9)6-12)7-11-14-13-8-15(11)2/h8-10H,3-7,12H2,1-2H3. The number of hydrogen-bond acceptors (Lipinski definition) is 4. The van der Waals surface area contributed by atoms with Crippen molar-refractivity contribution >= 4 is 0 Å². The van der Waals surface area contributed by atoms with E-state index in [4.69, 9.17) is 5.73 Å². The lowest BCUT2D eigenvalue weighted by Gasteiger charge is -2.37. The Morgan fingerprint density at radius 1 is 1.56 bits per heavy atom. The number of aryl methyl sites for hydroxylation is 1. The van der Waals surface area contributed by atoms with E-state index in [0.717, 1.165) is 31.4 Å². The minimum atomic E-state index is 0.500. The summed E-state index contributed by atoms with van der Waals surface area (Å²) in [6.45, 7) is 5.03. The number of aromatic nitrogens is 3. The maximum Gasteiger partial charge on any atom is 0.146 e. The van der Waals surface area contributed by atoms with Crippen LogP contribution in [0.4, 0.5) is 0 Å². The molecule has 2 heterocycles. The molecule has 1 aromatic rings. The third-order valence-electron chi connectivity index (χ3n) is 3.52. The van der Waals surface area contributed by atoms with Gasteiger partial charge in [-0.15, -0.1) is 10.2 Å². The lowest BCUT2D eigenvalue weighted by molar-refractivity contribution is 0.111. The van der Waals surface area contributed by atoms with Crippen molar-refractivity contribution in [2.75, 3.05) is 13.1 Å². The average molecular weight is 223 g/mol. The number of rotatable bonds is 3. The van der Waals surface area contributed by atoms with E-state index in [1.54, 1.807) is 6.33 Å². The van der Waals surface area contributed by atoms with Crippen molar-refractivity contribution in [2.24, 2.45) is 18.7 Å². The molecule has 5 heteroatoms. The molecule has 16 heavy (non-hydrogen) atoms. The van der Waals surface area contributed by atoms with Crippen molar-refractivity contribution in [3.63, 3.8) is 0 Å². The van der Waals surface area contributed by atoms with E-state index in [2.05, 4.69) is 22.0 Å². The van der Waals surface area contributed by atoms with Crippen LogP contribution in [0.5, 0.6) is 0 Å². The Hall–Kier alpha value is -0.940. The summed E-state index contributed by atoms with van der Waals surface area (Å²) in [6.07, 6.45) is 4.21. The van der Waals surface area contributed by atoms with Crippen LogP contribution in [0.3, 0.4) is 0 Å². The van der Waals surface area contributed by atoms with Gasteiger partial charge in [0.15, 0.2) is 0 Å². The Morgan fingerprint density at radius 2 is 2.38 bits per heavy atom. The van der Waals surface area contributed by atoms with Gasteiger partial charge >= 0.3 is 0 Å². The second-order valence-electron chi connectivity index (χ2n) is 4.85. The molecule has 5 nitrogen and oxygen atoms in total. The zero-order valence-electron chi connectivity index (χ0n) is 10.1. The predicted octanol–water partition coefficient (Wildman–Crippen LogP) is 0.374. The number of likely N-dealkylation sites (tertiary alicyclic amines) is 1. The summed E-state index contributed by atoms with van der Waals surface area (Å²) in [6, 6.07) is 0.500. The van der Waals surface area contributed by atoms with E-state index in [9.17, 15) is 0 Å². The molecule has 2 N–H and O–H groups in total. The van der Waals surface area contributed by atoms with Crippen molar-refractivity contribution < 1.29 is 0 Å². The highest BCUT2D eigenvalue weighted by Crippen LogP contribution is 2.22. The molecular formula is C11H21N5. The summed E-state index contributed by atoms with van der Waals surface area (Å²) >= 11 is 0. The lowest BCUT2D eigenvalue weighted by Crippen LogP contribution is -2.46. The average Bonchev–Trinajstić information content (AvgIpc) is 2.67. The van der Waals surface area contributed by atoms with E-state index < -0.39 is 0 Å². The van der Waals surface area contributed by atoms with Crippen LogP contribution in [0.15, 0.2) is 6.33 Å². The Balaban J connectivity index is 2.01. The first-order valence-electron chi connectivity index (χ1n) is 5.97. The van der Waals surface area contributed by atoms with Gasteiger partial charge in [0.2, 0.25) is 0 Å². The predicted molar refractivity (Wildman–Crippen MR) is 62.7 cm³/mol. The SMILES string of the molecule is CC1CCN(Cc2nncn2C)C(CN)C1. The Kier molecular flexibility index (Phi) is 3.56. The maximum atomic E-state index is 5.84. The number of nitrogens with two attached hydrogens (primary N) is 1. The van der Waals surface area contributed by atoms with E-state index in [-0.39, 0.29) is 0 Å². The highest BCUT2D eigenvalue weighted by molar-refractivity contribution is 4.89. The van der Waals surface area contributed by atoms with Crippen LogP contribution in [-0.2, 0) is 13.6 Å². The van der Waals surface area contributed by atoms with Crippen molar-refractivity contribution in [1.29, 1.82) is 0 Å². The minimum Gasteiger partial charge on any atom is -0.329 e. The van der Waals surface area contributed by atoms with E-state index >= 15 is 0 Å². The van der Waals surface area contributed by atoms with Crippen LogP contribution in [0.1, 0.15) is 25.6 Å². The first-order chi connectivity index (χ1) is 7.70. The summed E-state index contributed by atoms with van der Waals surface area (Å²) < 4.78 is 1.98. The van der Waals surface area contributed by atoms with Gasteiger partial charge in [0.1, 0.15) is 12.2 Å². The topological polar surface area (TPSA) is 60.0 Å². The van der Waals surface area contributed by atoms with Gasteiger partial charge in [-0.3, -0.25) is 4.90 Å². The summed E-state index contributed by atoms with van der Waals surface area (Å²) in [5.74, 6) is 1.82. The second kappa shape index (κ2) is 4.93. The zero-order valence-corrected chi connectivity index (χ0v) is 10.1. The van der Waals surface area contributed by atoms with Crippen LogP contribution in [0.25, 0.3) is 0 Å². The molecule has 0 amide bonds. The fourth-order valence-corrected chi connectivity index (χ4v) is 2.39. The third kappa shape index (κ3) is 2.41. The molecule has 2 unspecified atom stereocenters. The summed E-state index contributed by atoms with van der Waals surface area (Å²) in [7, 11) is 1.99. The first kappa shape index (κ1) is 11.5. The molecule has 1 aliphatic heterocycles. The normalized spacial score (nSPS) is 27.2. The van der Waals surface area contributed by atoms with Gasteiger partial charge in [-0.2, -0.15) is 0 Å². The first-order valence-corrected chi connectivity index (χ1v) is 5.97. The molecule has 1 fully saturated rings. The van der Waals surface area contributed by atoms with Crippen molar-refractivity contribution in [3.8, 4) is 0 Å². The Bertz CT molecular complexity index is 335. The molecule has 0 saturated carbocycles. The van der Waals surface area contributed by atoms with Crippen LogP contribution < -0.4 is 5.73 Å². The van der Waals surface area contributed by atoms with Crippen LogP contribution in [0, 0.1) is 5.92 Å². The zero-order chi connectivity index (χ0) is 11.5. The molecule has 1 saturated heterocycles. The lowest BCUT2D eigenvalue weighted by atomic mass is 9.92. The number of piperidine rings is 1. The fourth-order valence-electron chi connectivity index (χ4n) is 2.39. The van der Waals surface area contributed by atoms with Gasteiger partial charge in [0.05, 0.1) is 6.54 Å². The highest BCUT2D eigenvalue weighted by Gasteiger charge is 2.26. The summed E-state index contributed by atoms with van der Waals surface area (Å²) in [5.41, 5.74) is 5.84. The molecule has 1 aromatic heterocycles. The van der Waals surface area contributed by atoms with Crippen LogP contribution in [0.2, 0.25) is 0 Å². The third-order valence-corrected chi connectivity index (χ3v) is 3.52. The van der Waals surface area contributed by atoms with E-state index in [1.165, 1.54) is 12.8 Å². The van der Waals surface area contributed by atoms with Gasteiger partial charge in [-0.25, -0.2) is 0 Å². The molecule has 2 atom stereocenters. The monoisotopic (exact) mass is 223 g/mol. The molecule has 90 valence electrons. The summed E-state index contributed by atoms with van der Waals surface area (Å²) in [5, 5.41) is 8.04. The molecule has 1 aliphatic rings. The molecular weight excluding hydrogens is 202 g/mol. The largest absolute Gasteiger partial charge is 0.329 e. The van der Waals surface area contributed by atoms with Crippen molar-refractivity contribution in [1.82, 2.24) is 19.7 Å². The fraction of sp³-hybridized carbons (Fsp3) is 0.818. The van der Waals surface area contributed by atoms with E-state index in [1.807, 2.05) is 11.6 Å². The van der Waals surface area contributed by atoms with E-state index in [0.29, 0.717) is 6.04 Å². The van der Waals surface area contributed by atoms with Gasteiger partial charge < -0.3 is 10.3 Å². The highest BCUT2D eigenvalue weighted by atomic mass is 15.3. The molecule has 0 radical (unpaired) electrons.